The molecule has 0 aliphatic carbocycles. The molecule has 0 aromatic carbocycles. The SMILES string of the molecule is Cc1cc(NC(=O)c2nc(C)sc2Nc2ccnc(C#N)c2)ccn1. The lowest BCUT2D eigenvalue weighted by Crippen LogP contribution is -2.14. The first-order valence-electron chi connectivity index (χ1n) is 7.40. The molecule has 0 aliphatic rings. The predicted molar refractivity (Wildman–Crippen MR) is 96.0 cm³/mol. The Morgan fingerprint density at radius 2 is 1.92 bits per heavy atom. The van der Waals surface area contributed by atoms with Crippen molar-refractivity contribution in [1.29, 1.82) is 5.26 Å². The van der Waals surface area contributed by atoms with Crippen molar-refractivity contribution in [2.45, 2.75) is 13.8 Å². The van der Waals surface area contributed by atoms with Gasteiger partial charge in [0.25, 0.3) is 5.91 Å². The standard InChI is InChI=1S/C17H14N6OS/c1-10-7-12(3-5-19-10)22-16(24)15-17(25-11(2)21-15)23-13-4-6-20-14(8-13)9-18/h3-8H,1-2H3,(H,20,23)(H,19,22,24). The maximum Gasteiger partial charge on any atom is 0.277 e. The summed E-state index contributed by atoms with van der Waals surface area (Å²) in [6.07, 6.45) is 3.17. The van der Waals surface area contributed by atoms with Crippen LogP contribution in [-0.2, 0) is 0 Å². The van der Waals surface area contributed by atoms with Crippen molar-refractivity contribution < 1.29 is 4.79 Å². The van der Waals surface area contributed by atoms with E-state index in [1.165, 1.54) is 17.5 Å². The molecule has 3 aromatic heterocycles. The van der Waals surface area contributed by atoms with Crippen molar-refractivity contribution in [1.82, 2.24) is 15.0 Å². The monoisotopic (exact) mass is 350 g/mol. The number of hydrogen-bond acceptors (Lipinski definition) is 7. The van der Waals surface area contributed by atoms with Crippen LogP contribution >= 0.6 is 11.3 Å². The number of anilines is 3. The van der Waals surface area contributed by atoms with Crippen molar-refractivity contribution in [3.63, 3.8) is 0 Å². The van der Waals surface area contributed by atoms with Crippen LogP contribution in [0.1, 0.15) is 26.9 Å². The topological polar surface area (TPSA) is 104 Å². The highest BCUT2D eigenvalue weighted by Crippen LogP contribution is 2.28. The Balaban J connectivity index is 1.85. The van der Waals surface area contributed by atoms with Gasteiger partial charge < -0.3 is 10.6 Å². The van der Waals surface area contributed by atoms with Gasteiger partial charge in [0.15, 0.2) is 5.69 Å². The highest BCUT2D eigenvalue weighted by atomic mass is 32.1. The van der Waals surface area contributed by atoms with Crippen LogP contribution in [0.4, 0.5) is 16.4 Å². The molecular weight excluding hydrogens is 336 g/mol. The summed E-state index contributed by atoms with van der Waals surface area (Å²) in [5.41, 5.74) is 2.73. The molecule has 0 atom stereocenters. The van der Waals surface area contributed by atoms with Crippen molar-refractivity contribution >= 4 is 33.6 Å². The first-order chi connectivity index (χ1) is 12.0. The molecule has 0 bridgehead atoms. The van der Waals surface area contributed by atoms with Crippen molar-refractivity contribution in [3.05, 3.63) is 58.7 Å². The first-order valence-corrected chi connectivity index (χ1v) is 8.21. The summed E-state index contributed by atoms with van der Waals surface area (Å²) in [7, 11) is 0. The Hall–Kier alpha value is -3.31. The van der Waals surface area contributed by atoms with E-state index in [1.807, 2.05) is 19.9 Å². The Morgan fingerprint density at radius 1 is 1.16 bits per heavy atom. The summed E-state index contributed by atoms with van der Waals surface area (Å²) in [6.45, 7) is 3.68. The second kappa shape index (κ2) is 7.07. The van der Waals surface area contributed by atoms with E-state index in [0.29, 0.717) is 27.8 Å². The molecule has 0 unspecified atom stereocenters. The minimum Gasteiger partial charge on any atom is -0.345 e. The smallest absolute Gasteiger partial charge is 0.277 e. The molecule has 0 radical (unpaired) electrons. The summed E-state index contributed by atoms with van der Waals surface area (Å²) in [6, 6.07) is 8.83. The number of rotatable bonds is 4. The van der Waals surface area contributed by atoms with Crippen LogP contribution in [-0.4, -0.2) is 20.9 Å². The van der Waals surface area contributed by atoms with Gasteiger partial charge in [-0.1, -0.05) is 0 Å². The second-order valence-electron chi connectivity index (χ2n) is 5.22. The Kier molecular flexibility index (Phi) is 4.68. The fraction of sp³-hybridized carbons (Fsp3) is 0.118. The van der Waals surface area contributed by atoms with Crippen molar-refractivity contribution in [3.8, 4) is 6.07 Å². The van der Waals surface area contributed by atoms with Crippen LogP contribution in [0.3, 0.4) is 0 Å². The van der Waals surface area contributed by atoms with Crippen LogP contribution < -0.4 is 10.6 Å². The molecule has 2 N–H and O–H groups in total. The highest BCUT2D eigenvalue weighted by molar-refractivity contribution is 7.16. The molecule has 124 valence electrons. The summed E-state index contributed by atoms with van der Waals surface area (Å²) >= 11 is 1.37. The molecule has 0 fully saturated rings. The van der Waals surface area contributed by atoms with Gasteiger partial charge in [0, 0.05) is 29.5 Å². The molecule has 7 nitrogen and oxygen atoms in total. The zero-order valence-electron chi connectivity index (χ0n) is 13.6. The Morgan fingerprint density at radius 3 is 2.68 bits per heavy atom. The maximum atomic E-state index is 12.6. The minimum atomic E-state index is -0.313. The fourth-order valence-electron chi connectivity index (χ4n) is 2.18. The maximum absolute atomic E-state index is 12.6. The van der Waals surface area contributed by atoms with E-state index in [4.69, 9.17) is 5.26 Å². The van der Waals surface area contributed by atoms with Gasteiger partial charge in [0.05, 0.1) is 5.01 Å². The Labute approximate surface area is 148 Å². The number of hydrogen-bond donors (Lipinski definition) is 2. The van der Waals surface area contributed by atoms with Crippen molar-refractivity contribution in [2.24, 2.45) is 0 Å². The van der Waals surface area contributed by atoms with E-state index in [-0.39, 0.29) is 5.91 Å². The lowest BCUT2D eigenvalue weighted by Gasteiger charge is -2.07. The molecule has 25 heavy (non-hydrogen) atoms. The average Bonchev–Trinajstić information content (AvgIpc) is 2.95. The molecule has 0 saturated carbocycles. The third-order valence-corrected chi connectivity index (χ3v) is 4.12. The molecule has 3 rings (SSSR count). The number of amides is 1. The van der Waals surface area contributed by atoms with E-state index in [2.05, 4.69) is 25.6 Å². The third kappa shape index (κ3) is 3.97. The lowest BCUT2D eigenvalue weighted by molar-refractivity contribution is 0.102. The number of aryl methyl sites for hydroxylation is 2. The summed E-state index contributed by atoms with van der Waals surface area (Å²) < 4.78 is 0. The zero-order chi connectivity index (χ0) is 17.8. The van der Waals surface area contributed by atoms with E-state index in [1.54, 1.807) is 30.5 Å². The van der Waals surface area contributed by atoms with Crippen LogP contribution in [0.5, 0.6) is 0 Å². The fourth-order valence-corrected chi connectivity index (χ4v) is 3.02. The lowest BCUT2D eigenvalue weighted by atomic mass is 10.3. The molecule has 0 saturated heterocycles. The molecule has 8 heteroatoms. The molecule has 3 aromatic rings. The minimum absolute atomic E-state index is 0.296. The van der Waals surface area contributed by atoms with Gasteiger partial charge in [-0.3, -0.25) is 9.78 Å². The largest absolute Gasteiger partial charge is 0.345 e. The van der Waals surface area contributed by atoms with Crippen molar-refractivity contribution in [2.75, 3.05) is 10.6 Å². The highest BCUT2D eigenvalue weighted by Gasteiger charge is 2.18. The second-order valence-corrected chi connectivity index (χ2v) is 6.42. The summed E-state index contributed by atoms with van der Waals surface area (Å²) in [4.78, 5) is 24.9. The van der Waals surface area contributed by atoms with Gasteiger partial charge in [0.1, 0.15) is 16.8 Å². The molecular formula is C17H14N6OS. The van der Waals surface area contributed by atoms with Crippen LogP contribution in [0.2, 0.25) is 0 Å². The molecule has 0 aliphatic heterocycles. The number of nitrogens with one attached hydrogen (secondary N) is 2. The zero-order valence-corrected chi connectivity index (χ0v) is 14.4. The quantitative estimate of drug-likeness (QED) is 0.747. The van der Waals surface area contributed by atoms with E-state index < -0.39 is 0 Å². The van der Waals surface area contributed by atoms with Crippen LogP contribution in [0.15, 0.2) is 36.7 Å². The number of nitriles is 1. The average molecular weight is 350 g/mol. The van der Waals surface area contributed by atoms with Crippen LogP contribution in [0, 0.1) is 25.2 Å². The van der Waals surface area contributed by atoms with Gasteiger partial charge >= 0.3 is 0 Å². The normalized spacial score (nSPS) is 10.1. The number of nitrogens with zero attached hydrogens (tertiary/aromatic N) is 4. The van der Waals surface area contributed by atoms with E-state index in [0.717, 1.165) is 10.7 Å². The number of aromatic nitrogens is 3. The van der Waals surface area contributed by atoms with Gasteiger partial charge in [-0.2, -0.15) is 5.26 Å². The number of carbonyl (C=O) groups is 1. The summed E-state index contributed by atoms with van der Waals surface area (Å²) in [5, 5.41) is 16.3. The molecule has 3 heterocycles. The first kappa shape index (κ1) is 16.5. The number of carbonyl (C=O) groups excluding carboxylic acids is 1. The third-order valence-electron chi connectivity index (χ3n) is 3.24. The van der Waals surface area contributed by atoms with E-state index in [9.17, 15) is 4.79 Å². The van der Waals surface area contributed by atoms with Gasteiger partial charge in [-0.05, 0) is 38.1 Å². The van der Waals surface area contributed by atoms with Gasteiger partial charge in [-0.25, -0.2) is 9.97 Å². The molecule has 0 spiro atoms. The van der Waals surface area contributed by atoms with Gasteiger partial charge in [-0.15, -0.1) is 11.3 Å². The number of thiazole rings is 1. The van der Waals surface area contributed by atoms with E-state index >= 15 is 0 Å². The summed E-state index contributed by atoms with van der Waals surface area (Å²) in [5.74, 6) is -0.313. The predicted octanol–water partition coefficient (Wildman–Crippen LogP) is 3.42. The van der Waals surface area contributed by atoms with Gasteiger partial charge in [0.2, 0.25) is 0 Å². The van der Waals surface area contributed by atoms with Crippen LogP contribution in [0.25, 0.3) is 0 Å². The molecule has 1 amide bonds. The number of pyridine rings is 2. The Bertz CT molecular complexity index is 975.